The first kappa shape index (κ1) is 19.0. The molecule has 0 unspecified atom stereocenters. The summed E-state index contributed by atoms with van der Waals surface area (Å²) in [7, 11) is 0. The van der Waals surface area contributed by atoms with E-state index < -0.39 is 0 Å². The molecule has 1 aliphatic carbocycles. The molecule has 2 heterocycles. The van der Waals surface area contributed by atoms with Crippen LogP contribution in [0.5, 0.6) is 0 Å². The highest BCUT2D eigenvalue weighted by atomic mass is 16.1. The van der Waals surface area contributed by atoms with Gasteiger partial charge in [-0.15, -0.1) is 0 Å². The molecule has 0 radical (unpaired) electrons. The minimum Gasteiger partial charge on any atom is -0.356 e. The van der Waals surface area contributed by atoms with Crippen LogP contribution in [0.4, 0.5) is 5.82 Å². The second kappa shape index (κ2) is 9.22. The number of nitrogens with one attached hydrogen (secondary N) is 1. The Labute approximate surface area is 168 Å². The van der Waals surface area contributed by atoms with Gasteiger partial charge in [-0.1, -0.05) is 49.6 Å². The van der Waals surface area contributed by atoms with Gasteiger partial charge in [0.1, 0.15) is 5.82 Å². The van der Waals surface area contributed by atoms with Crippen molar-refractivity contribution in [2.24, 2.45) is 5.92 Å². The number of hydrogen-bond acceptors (Lipinski definition) is 3. The molecule has 0 atom stereocenters. The Hall–Kier alpha value is -2.36. The fraction of sp³-hybridized carbons (Fsp3) is 0.500. The number of carbonyl (C=O) groups is 1. The first-order valence-electron chi connectivity index (χ1n) is 10.8. The average molecular weight is 378 g/mol. The minimum atomic E-state index is 0.0430. The molecule has 1 aromatic heterocycles. The Morgan fingerprint density at radius 1 is 0.964 bits per heavy atom. The van der Waals surface area contributed by atoms with E-state index in [9.17, 15) is 4.79 Å². The van der Waals surface area contributed by atoms with Crippen molar-refractivity contribution >= 4 is 11.7 Å². The summed E-state index contributed by atoms with van der Waals surface area (Å²) < 4.78 is 0. The van der Waals surface area contributed by atoms with E-state index in [1.54, 1.807) is 0 Å². The highest BCUT2D eigenvalue weighted by molar-refractivity contribution is 5.99. The van der Waals surface area contributed by atoms with Crippen LogP contribution in [0, 0.1) is 5.92 Å². The molecular weight excluding hydrogens is 346 g/mol. The number of anilines is 1. The van der Waals surface area contributed by atoms with E-state index in [0.29, 0.717) is 12.0 Å². The number of aromatic nitrogens is 1. The number of nitrogens with zero attached hydrogens (tertiary/aromatic N) is 2. The maximum Gasteiger partial charge on any atom is 0.255 e. The number of amides is 1. The van der Waals surface area contributed by atoms with E-state index in [-0.39, 0.29) is 5.91 Å². The molecule has 0 bridgehead atoms. The van der Waals surface area contributed by atoms with Gasteiger partial charge in [0.05, 0.1) is 5.56 Å². The van der Waals surface area contributed by atoms with Crippen LogP contribution < -0.4 is 10.2 Å². The Balaban J connectivity index is 1.37. The van der Waals surface area contributed by atoms with Crippen molar-refractivity contribution in [1.82, 2.24) is 10.3 Å². The van der Waals surface area contributed by atoms with Crippen molar-refractivity contribution in [3.63, 3.8) is 0 Å². The van der Waals surface area contributed by atoms with Gasteiger partial charge < -0.3 is 10.2 Å². The third-order valence-corrected chi connectivity index (χ3v) is 6.25. The summed E-state index contributed by atoms with van der Waals surface area (Å²) in [4.78, 5) is 19.8. The third kappa shape index (κ3) is 4.73. The van der Waals surface area contributed by atoms with E-state index >= 15 is 0 Å². The number of piperidine rings is 1. The Kier molecular flexibility index (Phi) is 6.25. The summed E-state index contributed by atoms with van der Waals surface area (Å²) in [6.07, 6.45) is 11.2. The van der Waals surface area contributed by atoms with E-state index in [1.165, 1.54) is 24.8 Å². The smallest absolute Gasteiger partial charge is 0.255 e. The molecule has 1 saturated carbocycles. The van der Waals surface area contributed by atoms with Crippen LogP contribution in [-0.2, 0) is 6.42 Å². The van der Waals surface area contributed by atoms with Crippen molar-refractivity contribution in [3.8, 4) is 0 Å². The summed E-state index contributed by atoms with van der Waals surface area (Å²) in [6, 6.07) is 14.9. The molecular formula is C24H31N3O. The number of hydrogen-bond donors (Lipinski definition) is 1. The van der Waals surface area contributed by atoms with Crippen LogP contribution >= 0.6 is 0 Å². The molecule has 0 spiro atoms. The lowest BCUT2D eigenvalue weighted by atomic mass is 9.90. The highest BCUT2D eigenvalue weighted by Crippen LogP contribution is 2.27. The van der Waals surface area contributed by atoms with Gasteiger partial charge in [0, 0.05) is 25.3 Å². The second-order valence-electron chi connectivity index (χ2n) is 8.30. The largest absolute Gasteiger partial charge is 0.356 e. The van der Waals surface area contributed by atoms with Crippen molar-refractivity contribution < 1.29 is 4.79 Å². The summed E-state index contributed by atoms with van der Waals surface area (Å²) >= 11 is 0. The van der Waals surface area contributed by atoms with Crippen LogP contribution in [0.25, 0.3) is 0 Å². The third-order valence-electron chi connectivity index (χ3n) is 6.25. The molecule has 4 rings (SSSR count). The van der Waals surface area contributed by atoms with Gasteiger partial charge in [0.15, 0.2) is 0 Å². The average Bonchev–Trinajstić information content (AvgIpc) is 2.76. The number of rotatable bonds is 5. The molecule has 148 valence electrons. The predicted molar refractivity (Wildman–Crippen MR) is 114 cm³/mol. The molecule has 1 N–H and O–H groups in total. The fourth-order valence-corrected chi connectivity index (χ4v) is 4.63. The van der Waals surface area contributed by atoms with Crippen LogP contribution in [0.1, 0.15) is 60.9 Å². The zero-order chi connectivity index (χ0) is 19.2. The molecule has 28 heavy (non-hydrogen) atoms. The maximum absolute atomic E-state index is 12.9. The molecule has 2 fully saturated rings. The molecule has 4 heteroatoms. The Morgan fingerprint density at radius 2 is 1.71 bits per heavy atom. The predicted octanol–water partition coefficient (Wildman–Crippen LogP) is 4.60. The molecule has 2 aliphatic rings. The Morgan fingerprint density at radius 3 is 2.46 bits per heavy atom. The van der Waals surface area contributed by atoms with Crippen LogP contribution in [0.15, 0.2) is 48.7 Å². The number of pyridine rings is 1. The van der Waals surface area contributed by atoms with Crippen LogP contribution in [0.2, 0.25) is 0 Å². The fourth-order valence-electron chi connectivity index (χ4n) is 4.63. The van der Waals surface area contributed by atoms with Gasteiger partial charge in [0.25, 0.3) is 5.91 Å². The van der Waals surface area contributed by atoms with Crippen LogP contribution in [0.3, 0.4) is 0 Å². The number of benzene rings is 1. The zero-order valence-corrected chi connectivity index (χ0v) is 16.6. The second-order valence-corrected chi connectivity index (χ2v) is 8.30. The monoisotopic (exact) mass is 377 g/mol. The topological polar surface area (TPSA) is 45.2 Å². The van der Waals surface area contributed by atoms with Gasteiger partial charge in [-0.25, -0.2) is 4.98 Å². The van der Waals surface area contributed by atoms with Gasteiger partial charge in [0.2, 0.25) is 0 Å². The normalized spacial score (nSPS) is 18.8. The van der Waals surface area contributed by atoms with E-state index in [1.807, 2.05) is 18.3 Å². The van der Waals surface area contributed by atoms with Gasteiger partial charge in [-0.2, -0.15) is 0 Å². The highest BCUT2D eigenvalue weighted by Gasteiger charge is 2.25. The standard InChI is InChI=1S/C24H31N3O/c28-24(26-21-10-5-2-6-11-21)22-12-7-15-25-23(22)27-16-13-20(14-17-27)18-19-8-3-1-4-9-19/h1,3-4,7-9,12,15,20-21H,2,5-6,10-11,13-14,16-18H2,(H,26,28). The van der Waals surface area contributed by atoms with E-state index in [0.717, 1.165) is 56.6 Å². The first-order chi connectivity index (χ1) is 13.8. The van der Waals surface area contributed by atoms with Gasteiger partial charge in [-0.05, 0) is 55.7 Å². The maximum atomic E-state index is 12.9. The van der Waals surface area contributed by atoms with Crippen molar-refractivity contribution in [1.29, 1.82) is 0 Å². The van der Waals surface area contributed by atoms with E-state index in [2.05, 4.69) is 45.5 Å². The lowest BCUT2D eigenvalue weighted by molar-refractivity contribution is 0.0928. The van der Waals surface area contributed by atoms with Crippen molar-refractivity contribution in [3.05, 3.63) is 59.8 Å². The first-order valence-corrected chi connectivity index (χ1v) is 10.8. The molecule has 1 aromatic carbocycles. The summed E-state index contributed by atoms with van der Waals surface area (Å²) in [6.45, 7) is 1.94. The molecule has 4 nitrogen and oxygen atoms in total. The van der Waals surface area contributed by atoms with E-state index in [4.69, 9.17) is 0 Å². The SMILES string of the molecule is O=C(NC1CCCCC1)c1cccnc1N1CCC(Cc2ccccc2)CC1. The van der Waals surface area contributed by atoms with Crippen LogP contribution in [-0.4, -0.2) is 30.0 Å². The summed E-state index contributed by atoms with van der Waals surface area (Å²) in [5, 5.41) is 3.25. The van der Waals surface area contributed by atoms with Crippen molar-refractivity contribution in [2.75, 3.05) is 18.0 Å². The molecule has 1 saturated heterocycles. The van der Waals surface area contributed by atoms with Gasteiger partial charge in [-0.3, -0.25) is 4.79 Å². The lowest BCUT2D eigenvalue weighted by Crippen LogP contribution is -2.39. The molecule has 1 aliphatic heterocycles. The lowest BCUT2D eigenvalue weighted by Gasteiger charge is -2.34. The Bertz CT molecular complexity index is 762. The summed E-state index contributed by atoms with van der Waals surface area (Å²) in [5.74, 6) is 1.61. The summed E-state index contributed by atoms with van der Waals surface area (Å²) in [5.41, 5.74) is 2.15. The molecule has 1 amide bonds. The quantitative estimate of drug-likeness (QED) is 0.828. The van der Waals surface area contributed by atoms with Crippen molar-refractivity contribution in [2.45, 2.75) is 57.4 Å². The zero-order valence-electron chi connectivity index (χ0n) is 16.6. The minimum absolute atomic E-state index is 0.0430. The molecule has 2 aromatic rings. The van der Waals surface area contributed by atoms with Gasteiger partial charge >= 0.3 is 0 Å². The number of carbonyl (C=O) groups excluding carboxylic acids is 1.